The van der Waals surface area contributed by atoms with Gasteiger partial charge >= 0.3 is 6.36 Å². The zero-order valence-corrected chi connectivity index (χ0v) is 16.8. The van der Waals surface area contributed by atoms with Crippen molar-refractivity contribution in [2.24, 2.45) is 0 Å². The summed E-state index contributed by atoms with van der Waals surface area (Å²) in [5.41, 5.74) is 0. The van der Waals surface area contributed by atoms with Crippen LogP contribution in [0, 0.1) is 0 Å². The Labute approximate surface area is 167 Å². The summed E-state index contributed by atoms with van der Waals surface area (Å²) >= 11 is 0. The van der Waals surface area contributed by atoms with Crippen LogP contribution >= 0.6 is 0 Å². The number of nitrogens with zero attached hydrogens (tertiary/aromatic N) is 4. The van der Waals surface area contributed by atoms with Gasteiger partial charge < -0.3 is 9.30 Å². The molecule has 1 saturated heterocycles. The van der Waals surface area contributed by atoms with E-state index in [2.05, 4.69) is 19.2 Å². The largest absolute Gasteiger partial charge is 0.573 e. The zero-order chi connectivity index (χ0) is 21.1. The van der Waals surface area contributed by atoms with Crippen LogP contribution in [0.25, 0.3) is 0 Å². The van der Waals surface area contributed by atoms with Crippen molar-refractivity contribution in [3.63, 3.8) is 0 Å². The molecule has 0 bridgehead atoms. The Morgan fingerprint density at radius 3 is 2.31 bits per heavy atom. The topological polar surface area (TPSA) is 67.7 Å². The SMILES string of the molecule is CCc1nccn1CCN1CCN(S(=O)(=O)c2ccc(OC(F)(F)F)cc2)CC1. The molecule has 0 spiro atoms. The lowest BCUT2D eigenvalue weighted by molar-refractivity contribution is -0.274. The third-order valence-electron chi connectivity index (χ3n) is 4.80. The smallest absolute Gasteiger partial charge is 0.406 e. The molecule has 1 aliphatic rings. The van der Waals surface area contributed by atoms with Crippen molar-refractivity contribution in [2.45, 2.75) is 31.1 Å². The van der Waals surface area contributed by atoms with E-state index >= 15 is 0 Å². The van der Waals surface area contributed by atoms with Gasteiger partial charge in [-0.15, -0.1) is 13.2 Å². The lowest BCUT2D eigenvalue weighted by Gasteiger charge is -2.34. The molecule has 1 fully saturated rings. The summed E-state index contributed by atoms with van der Waals surface area (Å²) < 4.78 is 69.5. The van der Waals surface area contributed by atoms with E-state index in [4.69, 9.17) is 0 Å². The molecule has 29 heavy (non-hydrogen) atoms. The number of rotatable bonds is 7. The minimum atomic E-state index is -4.81. The fraction of sp³-hybridized carbons (Fsp3) is 0.500. The number of halogens is 3. The molecule has 0 atom stereocenters. The number of hydrogen-bond acceptors (Lipinski definition) is 5. The third kappa shape index (κ3) is 5.49. The fourth-order valence-corrected chi connectivity index (χ4v) is 4.69. The normalized spacial score (nSPS) is 16.8. The number of benzene rings is 1. The summed E-state index contributed by atoms with van der Waals surface area (Å²) in [6, 6.07) is 4.28. The van der Waals surface area contributed by atoms with Crippen LogP contribution in [-0.2, 0) is 23.0 Å². The average molecular weight is 432 g/mol. The molecule has 3 rings (SSSR count). The van der Waals surface area contributed by atoms with E-state index in [1.165, 1.54) is 4.31 Å². The molecule has 0 N–H and O–H groups in total. The maximum atomic E-state index is 12.8. The van der Waals surface area contributed by atoms with Crippen LogP contribution in [0.2, 0.25) is 0 Å². The molecule has 7 nitrogen and oxygen atoms in total. The zero-order valence-electron chi connectivity index (χ0n) is 16.0. The van der Waals surface area contributed by atoms with Crippen molar-refractivity contribution >= 4 is 10.0 Å². The molecule has 1 aromatic heterocycles. The lowest BCUT2D eigenvalue weighted by atomic mass is 10.3. The minimum Gasteiger partial charge on any atom is -0.406 e. The lowest BCUT2D eigenvalue weighted by Crippen LogP contribution is -2.49. The predicted octanol–water partition coefficient (Wildman–Crippen LogP) is 2.35. The fourth-order valence-electron chi connectivity index (χ4n) is 3.26. The molecule has 0 amide bonds. The van der Waals surface area contributed by atoms with Gasteiger partial charge in [0, 0.05) is 58.1 Å². The number of aryl methyl sites for hydroxylation is 1. The highest BCUT2D eigenvalue weighted by Gasteiger charge is 2.32. The Bertz CT molecular complexity index is 905. The molecule has 11 heteroatoms. The number of ether oxygens (including phenoxy) is 1. The van der Waals surface area contributed by atoms with Crippen LogP contribution in [0.5, 0.6) is 5.75 Å². The first-order valence-electron chi connectivity index (χ1n) is 9.27. The first kappa shape index (κ1) is 21.6. The highest BCUT2D eigenvalue weighted by atomic mass is 32.2. The molecule has 160 valence electrons. The molecule has 0 unspecified atom stereocenters. The Hall–Kier alpha value is -2.11. The maximum absolute atomic E-state index is 12.8. The van der Waals surface area contributed by atoms with Gasteiger partial charge in [0.25, 0.3) is 0 Å². The Morgan fingerprint density at radius 1 is 1.07 bits per heavy atom. The van der Waals surface area contributed by atoms with Crippen LogP contribution in [-0.4, -0.2) is 66.3 Å². The summed E-state index contributed by atoms with van der Waals surface area (Å²) in [7, 11) is -3.76. The van der Waals surface area contributed by atoms with Crippen LogP contribution in [0.3, 0.4) is 0 Å². The van der Waals surface area contributed by atoms with Gasteiger partial charge in [-0.2, -0.15) is 4.31 Å². The van der Waals surface area contributed by atoms with E-state index in [9.17, 15) is 21.6 Å². The molecular weight excluding hydrogens is 409 g/mol. The number of sulfonamides is 1. The van der Waals surface area contributed by atoms with E-state index < -0.39 is 22.1 Å². The van der Waals surface area contributed by atoms with Crippen LogP contribution in [0.4, 0.5) is 13.2 Å². The Balaban J connectivity index is 1.55. The van der Waals surface area contributed by atoms with Crippen LogP contribution in [0.15, 0.2) is 41.6 Å². The van der Waals surface area contributed by atoms with E-state index in [-0.39, 0.29) is 4.90 Å². The van der Waals surface area contributed by atoms with Crippen molar-refractivity contribution in [3.05, 3.63) is 42.5 Å². The van der Waals surface area contributed by atoms with Crippen molar-refractivity contribution in [2.75, 3.05) is 32.7 Å². The second-order valence-electron chi connectivity index (χ2n) is 6.66. The quantitative estimate of drug-likeness (QED) is 0.672. The van der Waals surface area contributed by atoms with E-state index in [1.54, 1.807) is 6.20 Å². The average Bonchev–Trinajstić information content (AvgIpc) is 3.13. The summed E-state index contributed by atoms with van der Waals surface area (Å²) in [6.07, 6.45) is -0.253. The van der Waals surface area contributed by atoms with E-state index in [0.29, 0.717) is 26.2 Å². The Kier molecular flexibility index (Phi) is 6.49. The van der Waals surface area contributed by atoms with Gasteiger partial charge in [-0.3, -0.25) is 4.90 Å². The predicted molar refractivity (Wildman–Crippen MR) is 99.9 cm³/mol. The molecule has 0 radical (unpaired) electrons. The highest BCUT2D eigenvalue weighted by Crippen LogP contribution is 2.25. The second-order valence-corrected chi connectivity index (χ2v) is 8.59. The number of hydrogen-bond donors (Lipinski definition) is 0. The molecular formula is C18H23F3N4O3S. The van der Waals surface area contributed by atoms with Gasteiger partial charge in [-0.25, -0.2) is 13.4 Å². The van der Waals surface area contributed by atoms with Gasteiger partial charge in [-0.05, 0) is 24.3 Å². The number of piperazine rings is 1. The van der Waals surface area contributed by atoms with Gasteiger partial charge in [0.1, 0.15) is 11.6 Å². The van der Waals surface area contributed by atoms with Crippen molar-refractivity contribution in [3.8, 4) is 5.75 Å². The van der Waals surface area contributed by atoms with Crippen molar-refractivity contribution in [1.82, 2.24) is 18.8 Å². The molecule has 1 aromatic carbocycles. The van der Waals surface area contributed by atoms with Gasteiger partial charge in [-0.1, -0.05) is 6.92 Å². The summed E-state index contributed by atoms with van der Waals surface area (Å²) in [5, 5.41) is 0. The molecule has 1 aliphatic heterocycles. The molecule has 2 aromatic rings. The van der Waals surface area contributed by atoms with Gasteiger partial charge in [0.05, 0.1) is 4.90 Å². The highest BCUT2D eigenvalue weighted by molar-refractivity contribution is 7.89. The summed E-state index contributed by atoms with van der Waals surface area (Å²) in [5.74, 6) is 0.566. The van der Waals surface area contributed by atoms with Crippen LogP contribution in [0.1, 0.15) is 12.7 Å². The van der Waals surface area contributed by atoms with E-state index in [1.807, 2.05) is 13.1 Å². The van der Waals surface area contributed by atoms with Gasteiger partial charge in [0.15, 0.2) is 0 Å². The standard InChI is InChI=1S/C18H23F3N4O3S/c1-2-17-22-7-8-24(17)12-9-23-10-13-25(14-11-23)29(26,27)16-5-3-15(4-6-16)28-18(19,20)21/h3-8H,2,9-14H2,1H3. The van der Waals surface area contributed by atoms with Crippen molar-refractivity contribution < 1.29 is 26.3 Å². The molecule has 2 heterocycles. The summed E-state index contributed by atoms with van der Waals surface area (Å²) in [4.78, 5) is 6.42. The van der Waals surface area contributed by atoms with Crippen LogP contribution < -0.4 is 4.74 Å². The van der Waals surface area contributed by atoms with Crippen molar-refractivity contribution in [1.29, 1.82) is 0 Å². The number of alkyl halides is 3. The summed E-state index contributed by atoms with van der Waals surface area (Å²) in [6.45, 7) is 5.46. The number of aromatic nitrogens is 2. The van der Waals surface area contributed by atoms with Gasteiger partial charge in [0.2, 0.25) is 10.0 Å². The molecule has 0 aliphatic carbocycles. The Morgan fingerprint density at radius 2 is 1.72 bits per heavy atom. The van der Waals surface area contributed by atoms with E-state index in [0.717, 1.165) is 49.6 Å². The second kappa shape index (κ2) is 8.72. The minimum absolute atomic E-state index is 0.0496. The molecule has 0 saturated carbocycles. The first-order valence-corrected chi connectivity index (χ1v) is 10.7. The maximum Gasteiger partial charge on any atom is 0.573 e. The number of imidazole rings is 1. The third-order valence-corrected chi connectivity index (χ3v) is 6.71. The monoisotopic (exact) mass is 432 g/mol. The first-order chi connectivity index (χ1) is 13.7.